The number of fused-ring (bicyclic) bond motifs is 1. The van der Waals surface area contributed by atoms with Gasteiger partial charge in [-0.05, 0) is 50.5 Å². The van der Waals surface area contributed by atoms with Gasteiger partial charge in [-0.25, -0.2) is 0 Å². The number of rotatable bonds is 0. The summed E-state index contributed by atoms with van der Waals surface area (Å²) >= 11 is 0. The molecule has 0 aliphatic heterocycles. The summed E-state index contributed by atoms with van der Waals surface area (Å²) < 4.78 is 0. The molecule has 2 aliphatic rings. The Morgan fingerprint density at radius 3 is 2.83 bits per heavy atom. The topological polar surface area (TPSA) is 20.2 Å². The van der Waals surface area contributed by atoms with Crippen LogP contribution in [0, 0.1) is 5.92 Å². The number of aliphatic hydroxyl groups excluding tert-OH is 1. The standard InChI is InChI=1S/C11H18O/c1-8-10-5-3-2-4-9(10)6-7-11(8)12/h9,11-12H,2-7H2,1H3/t9-,11+/m1/s1. The van der Waals surface area contributed by atoms with E-state index in [9.17, 15) is 5.11 Å². The molecule has 0 aromatic carbocycles. The first-order chi connectivity index (χ1) is 5.79. The molecule has 0 unspecified atom stereocenters. The first-order valence-corrected chi connectivity index (χ1v) is 5.16. The molecule has 68 valence electrons. The molecule has 1 heteroatoms. The highest BCUT2D eigenvalue weighted by atomic mass is 16.3. The summed E-state index contributed by atoms with van der Waals surface area (Å²) in [7, 11) is 0. The Balaban J connectivity index is 2.23. The molecular weight excluding hydrogens is 148 g/mol. The van der Waals surface area contributed by atoms with Crippen LogP contribution in [0.4, 0.5) is 0 Å². The van der Waals surface area contributed by atoms with Crippen molar-refractivity contribution in [1.82, 2.24) is 0 Å². The first kappa shape index (κ1) is 8.31. The Kier molecular flexibility index (Phi) is 2.22. The fourth-order valence-corrected chi connectivity index (χ4v) is 2.71. The predicted molar refractivity (Wildman–Crippen MR) is 49.9 cm³/mol. The SMILES string of the molecule is CC1=C2CCCC[C@@H]2CC[C@@H]1O. The molecule has 1 saturated carbocycles. The second-order valence-corrected chi connectivity index (χ2v) is 4.24. The second kappa shape index (κ2) is 3.21. The number of aliphatic hydroxyl groups is 1. The maximum absolute atomic E-state index is 9.66. The minimum absolute atomic E-state index is 0.116. The third-order valence-corrected chi connectivity index (χ3v) is 3.54. The minimum Gasteiger partial charge on any atom is -0.389 e. The molecule has 2 aliphatic carbocycles. The molecule has 0 bridgehead atoms. The van der Waals surface area contributed by atoms with Crippen molar-refractivity contribution in [2.24, 2.45) is 5.92 Å². The average Bonchev–Trinajstić information content (AvgIpc) is 2.12. The molecule has 0 heterocycles. The Hall–Kier alpha value is -0.300. The summed E-state index contributed by atoms with van der Waals surface area (Å²) in [6.07, 6.45) is 7.49. The third-order valence-electron chi connectivity index (χ3n) is 3.54. The van der Waals surface area contributed by atoms with Gasteiger partial charge in [0.05, 0.1) is 6.10 Å². The van der Waals surface area contributed by atoms with E-state index < -0.39 is 0 Å². The van der Waals surface area contributed by atoms with Crippen LogP contribution in [-0.2, 0) is 0 Å². The third kappa shape index (κ3) is 1.31. The lowest BCUT2D eigenvalue weighted by molar-refractivity contribution is 0.170. The van der Waals surface area contributed by atoms with Gasteiger partial charge in [0.15, 0.2) is 0 Å². The number of allylic oxidation sites excluding steroid dienone is 1. The normalized spacial score (nSPS) is 36.5. The van der Waals surface area contributed by atoms with E-state index in [4.69, 9.17) is 0 Å². The van der Waals surface area contributed by atoms with Crippen LogP contribution in [0.5, 0.6) is 0 Å². The van der Waals surface area contributed by atoms with E-state index >= 15 is 0 Å². The van der Waals surface area contributed by atoms with Gasteiger partial charge in [-0.3, -0.25) is 0 Å². The smallest absolute Gasteiger partial charge is 0.0750 e. The Labute approximate surface area is 74.5 Å². The van der Waals surface area contributed by atoms with Crippen LogP contribution >= 0.6 is 0 Å². The minimum atomic E-state index is -0.116. The molecule has 2 atom stereocenters. The zero-order chi connectivity index (χ0) is 8.55. The molecule has 0 aromatic rings. The van der Waals surface area contributed by atoms with Gasteiger partial charge in [-0.2, -0.15) is 0 Å². The Bertz CT molecular complexity index is 205. The highest BCUT2D eigenvalue weighted by Gasteiger charge is 2.27. The lowest BCUT2D eigenvalue weighted by atomic mass is 9.74. The summed E-state index contributed by atoms with van der Waals surface area (Å²) in [5.41, 5.74) is 2.89. The van der Waals surface area contributed by atoms with Crippen molar-refractivity contribution in [1.29, 1.82) is 0 Å². The lowest BCUT2D eigenvalue weighted by Gasteiger charge is -2.33. The molecule has 0 spiro atoms. The van der Waals surface area contributed by atoms with Gasteiger partial charge in [0, 0.05) is 0 Å². The maximum Gasteiger partial charge on any atom is 0.0750 e. The van der Waals surface area contributed by atoms with Crippen LogP contribution in [0.1, 0.15) is 45.4 Å². The molecule has 12 heavy (non-hydrogen) atoms. The predicted octanol–water partition coefficient (Wildman–Crippen LogP) is 2.65. The second-order valence-electron chi connectivity index (χ2n) is 4.24. The van der Waals surface area contributed by atoms with E-state index in [1.165, 1.54) is 37.7 Å². The molecule has 1 nitrogen and oxygen atoms in total. The first-order valence-electron chi connectivity index (χ1n) is 5.16. The summed E-state index contributed by atoms with van der Waals surface area (Å²) in [6, 6.07) is 0. The van der Waals surface area contributed by atoms with Crippen LogP contribution in [0.15, 0.2) is 11.1 Å². The summed E-state index contributed by atoms with van der Waals surface area (Å²) in [5, 5.41) is 9.66. The highest BCUT2D eigenvalue weighted by Crippen LogP contribution is 2.39. The van der Waals surface area contributed by atoms with Crippen LogP contribution in [0.2, 0.25) is 0 Å². The van der Waals surface area contributed by atoms with Crippen molar-refractivity contribution in [2.45, 2.75) is 51.6 Å². The van der Waals surface area contributed by atoms with Gasteiger partial charge in [0.25, 0.3) is 0 Å². The van der Waals surface area contributed by atoms with Crippen LogP contribution < -0.4 is 0 Å². The van der Waals surface area contributed by atoms with Crippen LogP contribution in [-0.4, -0.2) is 11.2 Å². The summed E-state index contributed by atoms with van der Waals surface area (Å²) in [5.74, 6) is 0.835. The van der Waals surface area contributed by atoms with Gasteiger partial charge in [-0.1, -0.05) is 12.0 Å². The van der Waals surface area contributed by atoms with Crippen molar-refractivity contribution in [3.63, 3.8) is 0 Å². The van der Waals surface area contributed by atoms with E-state index in [-0.39, 0.29) is 6.10 Å². The molecule has 0 radical (unpaired) electrons. The Morgan fingerprint density at radius 2 is 2.00 bits per heavy atom. The number of hydrogen-bond acceptors (Lipinski definition) is 1. The van der Waals surface area contributed by atoms with Crippen molar-refractivity contribution < 1.29 is 5.11 Å². The monoisotopic (exact) mass is 166 g/mol. The van der Waals surface area contributed by atoms with Gasteiger partial charge in [0.2, 0.25) is 0 Å². The maximum atomic E-state index is 9.66. The molecular formula is C11H18O. The van der Waals surface area contributed by atoms with E-state index in [1.807, 2.05) is 0 Å². The van der Waals surface area contributed by atoms with E-state index in [2.05, 4.69) is 6.92 Å². The quantitative estimate of drug-likeness (QED) is 0.548. The van der Waals surface area contributed by atoms with Crippen molar-refractivity contribution >= 4 is 0 Å². The fraction of sp³-hybridized carbons (Fsp3) is 0.818. The summed E-state index contributed by atoms with van der Waals surface area (Å²) in [6.45, 7) is 2.12. The van der Waals surface area contributed by atoms with Crippen LogP contribution in [0.25, 0.3) is 0 Å². The van der Waals surface area contributed by atoms with Crippen molar-refractivity contribution in [2.75, 3.05) is 0 Å². The molecule has 1 fully saturated rings. The molecule has 0 saturated heterocycles. The zero-order valence-electron chi connectivity index (χ0n) is 7.84. The van der Waals surface area contributed by atoms with E-state index in [0.29, 0.717) is 0 Å². The van der Waals surface area contributed by atoms with E-state index in [0.717, 1.165) is 12.3 Å². The summed E-state index contributed by atoms with van der Waals surface area (Å²) in [4.78, 5) is 0. The Morgan fingerprint density at radius 1 is 1.17 bits per heavy atom. The number of hydrogen-bond donors (Lipinski definition) is 1. The van der Waals surface area contributed by atoms with Gasteiger partial charge < -0.3 is 5.11 Å². The largest absolute Gasteiger partial charge is 0.389 e. The van der Waals surface area contributed by atoms with Gasteiger partial charge in [-0.15, -0.1) is 0 Å². The van der Waals surface area contributed by atoms with Crippen LogP contribution in [0.3, 0.4) is 0 Å². The van der Waals surface area contributed by atoms with Crippen molar-refractivity contribution in [3.05, 3.63) is 11.1 Å². The molecule has 0 amide bonds. The van der Waals surface area contributed by atoms with Gasteiger partial charge in [0.1, 0.15) is 0 Å². The fourth-order valence-electron chi connectivity index (χ4n) is 2.71. The highest BCUT2D eigenvalue weighted by molar-refractivity contribution is 5.23. The molecule has 2 rings (SSSR count). The van der Waals surface area contributed by atoms with Gasteiger partial charge >= 0.3 is 0 Å². The van der Waals surface area contributed by atoms with Crippen molar-refractivity contribution in [3.8, 4) is 0 Å². The zero-order valence-corrected chi connectivity index (χ0v) is 7.84. The molecule has 0 aromatic heterocycles. The lowest BCUT2D eigenvalue weighted by Crippen LogP contribution is -2.24. The average molecular weight is 166 g/mol. The van der Waals surface area contributed by atoms with E-state index in [1.54, 1.807) is 5.57 Å². The molecule has 1 N–H and O–H groups in total.